The number of hydrogen-bond donors (Lipinski definition) is 1. The van der Waals surface area contributed by atoms with Crippen LogP contribution in [-0.4, -0.2) is 28.9 Å². The molecule has 3 rings (SSSR count). The quantitative estimate of drug-likeness (QED) is 0.490. The standard InChI is InChI=1S/C23H25ClN2O/c1-3-15-26(16-4-2)22(27)14-13-20-19-7-5-6-8-21(19)25-23(20)17-9-11-18(24)12-10-17/h5-14,25H,3-4,15-16H2,1-2H3/b14-13+. The van der Waals surface area contributed by atoms with E-state index in [0.717, 1.165) is 53.7 Å². The average molecular weight is 381 g/mol. The van der Waals surface area contributed by atoms with Crippen LogP contribution in [0.2, 0.25) is 5.02 Å². The summed E-state index contributed by atoms with van der Waals surface area (Å²) < 4.78 is 0. The van der Waals surface area contributed by atoms with E-state index in [1.807, 2.05) is 53.4 Å². The van der Waals surface area contributed by atoms with E-state index in [9.17, 15) is 4.79 Å². The highest BCUT2D eigenvalue weighted by atomic mass is 35.5. The van der Waals surface area contributed by atoms with Gasteiger partial charge in [0.15, 0.2) is 0 Å². The minimum Gasteiger partial charge on any atom is -0.354 e. The van der Waals surface area contributed by atoms with Crippen molar-refractivity contribution in [3.8, 4) is 11.3 Å². The van der Waals surface area contributed by atoms with Crippen molar-refractivity contribution < 1.29 is 4.79 Å². The Bertz CT molecular complexity index is 935. The highest BCUT2D eigenvalue weighted by molar-refractivity contribution is 6.30. The smallest absolute Gasteiger partial charge is 0.246 e. The Morgan fingerprint density at radius 1 is 1.04 bits per heavy atom. The molecule has 1 heterocycles. The van der Waals surface area contributed by atoms with Crippen LogP contribution in [-0.2, 0) is 4.79 Å². The van der Waals surface area contributed by atoms with E-state index >= 15 is 0 Å². The first-order valence-electron chi connectivity index (χ1n) is 9.47. The molecule has 140 valence electrons. The molecule has 0 spiro atoms. The number of amides is 1. The van der Waals surface area contributed by atoms with Crippen molar-refractivity contribution in [3.63, 3.8) is 0 Å². The van der Waals surface area contributed by atoms with Gasteiger partial charge in [-0.15, -0.1) is 0 Å². The number of benzene rings is 2. The van der Waals surface area contributed by atoms with Gasteiger partial charge in [-0.2, -0.15) is 0 Å². The summed E-state index contributed by atoms with van der Waals surface area (Å²) in [5, 5.41) is 1.81. The molecule has 1 N–H and O–H groups in total. The molecule has 1 aromatic heterocycles. The molecule has 27 heavy (non-hydrogen) atoms. The van der Waals surface area contributed by atoms with Gasteiger partial charge in [-0.3, -0.25) is 4.79 Å². The van der Waals surface area contributed by atoms with Crippen molar-refractivity contribution >= 4 is 34.5 Å². The number of fused-ring (bicyclic) bond motifs is 1. The van der Waals surface area contributed by atoms with Crippen LogP contribution in [0, 0.1) is 0 Å². The van der Waals surface area contributed by atoms with Crippen LogP contribution in [0.15, 0.2) is 54.6 Å². The molecule has 4 heteroatoms. The minimum atomic E-state index is 0.0611. The molecular formula is C23H25ClN2O. The maximum absolute atomic E-state index is 12.7. The molecule has 0 saturated carbocycles. The fourth-order valence-corrected chi connectivity index (χ4v) is 3.44. The number of nitrogens with zero attached hydrogens (tertiary/aromatic N) is 1. The normalized spacial score (nSPS) is 11.4. The van der Waals surface area contributed by atoms with Gasteiger partial charge in [0, 0.05) is 40.7 Å². The van der Waals surface area contributed by atoms with Crippen molar-refractivity contribution in [3.05, 3.63) is 65.2 Å². The highest BCUT2D eigenvalue weighted by Crippen LogP contribution is 2.32. The second-order valence-electron chi connectivity index (χ2n) is 6.62. The van der Waals surface area contributed by atoms with Crippen LogP contribution >= 0.6 is 11.6 Å². The van der Waals surface area contributed by atoms with Gasteiger partial charge < -0.3 is 9.88 Å². The van der Waals surface area contributed by atoms with Gasteiger partial charge >= 0.3 is 0 Å². The Balaban J connectivity index is 2.00. The third kappa shape index (κ3) is 4.42. The van der Waals surface area contributed by atoms with Gasteiger partial charge in [0.1, 0.15) is 0 Å². The summed E-state index contributed by atoms with van der Waals surface area (Å²) in [5.74, 6) is 0.0611. The average Bonchev–Trinajstić information content (AvgIpc) is 3.05. The Kier molecular flexibility index (Phi) is 6.36. The first-order valence-corrected chi connectivity index (χ1v) is 9.85. The summed E-state index contributed by atoms with van der Waals surface area (Å²) in [6, 6.07) is 15.9. The van der Waals surface area contributed by atoms with Gasteiger partial charge in [0.05, 0.1) is 5.69 Å². The zero-order valence-electron chi connectivity index (χ0n) is 15.8. The second-order valence-corrected chi connectivity index (χ2v) is 7.06. The Morgan fingerprint density at radius 2 is 1.70 bits per heavy atom. The number of H-pyrrole nitrogens is 1. The molecule has 1 amide bonds. The van der Waals surface area contributed by atoms with Gasteiger partial charge in [0.25, 0.3) is 0 Å². The molecule has 0 aliphatic rings. The van der Waals surface area contributed by atoms with Gasteiger partial charge in [-0.1, -0.05) is 55.8 Å². The fourth-order valence-electron chi connectivity index (χ4n) is 3.31. The zero-order valence-corrected chi connectivity index (χ0v) is 16.6. The molecule has 0 aliphatic heterocycles. The first kappa shape index (κ1) is 19.2. The number of carbonyl (C=O) groups excluding carboxylic acids is 1. The van der Waals surface area contributed by atoms with Crippen LogP contribution in [0.25, 0.3) is 28.2 Å². The third-order valence-corrected chi connectivity index (χ3v) is 4.82. The highest BCUT2D eigenvalue weighted by Gasteiger charge is 2.13. The van der Waals surface area contributed by atoms with E-state index in [2.05, 4.69) is 24.9 Å². The summed E-state index contributed by atoms with van der Waals surface area (Å²) >= 11 is 6.04. The van der Waals surface area contributed by atoms with Crippen LogP contribution in [0.1, 0.15) is 32.3 Å². The number of aromatic amines is 1. The summed E-state index contributed by atoms with van der Waals surface area (Å²) in [7, 11) is 0. The summed E-state index contributed by atoms with van der Waals surface area (Å²) in [6.07, 6.45) is 5.55. The molecule has 2 aromatic carbocycles. The topological polar surface area (TPSA) is 36.1 Å². The number of rotatable bonds is 7. The van der Waals surface area contributed by atoms with Crippen LogP contribution in [0.5, 0.6) is 0 Å². The Morgan fingerprint density at radius 3 is 2.37 bits per heavy atom. The number of para-hydroxylation sites is 1. The van der Waals surface area contributed by atoms with E-state index in [0.29, 0.717) is 5.02 Å². The zero-order chi connectivity index (χ0) is 19.2. The van der Waals surface area contributed by atoms with Crippen LogP contribution < -0.4 is 0 Å². The Labute approximate surface area is 165 Å². The minimum absolute atomic E-state index is 0.0611. The van der Waals surface area contributed by atoms with Gasteiger partial charge in [0.2, 0.25) is 5.91 Å². The molecule has 0 saturated heterocycles. The summed E-state index contributed by atoms with van der Waals surface area (Å²) in [4.78, 5) is 18.1. The van der Waals surface area contributed by atoms with Crippen molar-refractivity contribution in [1.82, 2.24) is 9.88 Å². The number of carbonyl (C=O) groups is 1. The van der Waals surface area contributed by atoms with Crippen molar-refractivity contribution in [1.29, 1.82) is 0 Å². The van der Waals surface area contributed by atoms with Crippen molar-refractivity contribution in [2.24, 2.45) is 0 Å². The summed E-state index contributed by atoms with van der Waals surface area (Å²) in [6.45, 7) is 5.76. The molecule has 0 atom stereocenters. The molecule has 0 unspecified atom stereocenters. The lowest BCUT2D eigenvalue weighted by atomic mass is 10.0. The molecule has 3 aromatic rings. The predicted octanol–water partition coefficient (Wildman–Crippen LogP) is 6.15. The fraction of sp³-hybridized carbons (Fsp3) is 0.261. The maximum atomic E-state index is 12.7. The lowest BCUT2D eigenvalue weighted by molar-refractivity contribution is -0.126. The van der Waals surface area contributed by atoms with Crippen molar-refractivity contribution in [2.75, 3.05) is 13.1 Å². The molecule has 0 bridgehead atoms. The number of hydrogen-bond acceptors (Lipinski definition) is 1. The van der Waals surface area contributed by atoms with E-state index < -0.39 is 0 Å². The first-order chi connectivity index (χ1) is 13.1. The molecular weight excluding hydrogens is 356 g/mol. The molecule has 3 nitrogen and oxygen atoms in total. The number of aromatic nitrogens is 1. The van der Waals surface area contributed by atoms with Crippen LogP contribution in [0.4, 0.5) is 0 Å². The third-order valence-electron chi connectivity index (χ3n) is 4.57. The van der Waals surface area contributed by atoms with Crippen molar-refractivity contribution in [2.45, 2.75) is 26.7 Å². The number of halogens is 1. The van der Waals surface area contributed by atoms with Crippen LogP contribution in [0.3, 0.4) is 0 Å². The van der Waals surface area contributed by atoms with E-state index in [4.69, 9.17) is 11.6 Å². The van der Waals surface area contributed by atoms with Gasteiger partial charge in [-0.05, 0) is 42.7 Å². The Hall–Kier alpha value is -2.52. The monoisotopic (exact) mass is 380 g/mol. The lowest BCUT2D eigenvalue weighted by Crippen LogP contribution is -2.30. The van der Waals surface area contributed by atoms with Gasteiger partial charge in [-0.25, -0.2) is 0 Å². The SMILES string of the molecule is CCCN(CCC)C(=O)/C=C/c1c(-c2ccc(Cl)cc2)[nH]c2ccccc12. The molecule has 0 radical (unpaired) electrons. The van der Waals surface area contributed by atoms with E-state index in [1.54, 1.807) is 6.08 Å². The molecule has 0 aliphatic carbocycles. The predicted molar refractivity (Wildman–Crippen MR) is 115 cm³/mol. The largest absolute Gasteiger partial charge is 0.354 e. The second kappa shape index (κ2) is 8.92. The maximum Gasteiger partial charge on any atom is 0.246 e. The molecule has 0 fully saturated rings. The summed E-state index contributed by atoms with van der Waals surface area (Å²) in [5.41, 5.74) is 4.11. The lowest BCUT2D eigenvalue weighted by Gasteiger charge is -2.19. The van der Waals surface area contributed by atoms with E-state index in [-0.39, 0.29) is 5.91 Å². The van der Waals surface area contributed by atoms with E-state index in [1.165, 1.54) is 0 Å². The number of nitrogens with one attached hydrogen (secondary N) is 1.